The molecule has 1 aliphatic rings. The lowest BCUT2D eigenvalue weighted by atomic mass is 10.1. The van der Waals surface area contributed by atoms with Crippen molar-refractivity contribution in [3.8, 4) is 11.3 Å². The molecule has 9 heteroatoms. The summed E-state index contributed by atoms with van der Waals surface area (Å²) in [7, 11) is -3.71. The molecule has 2 heterocycles. The zero-order valence-corrected chi connectivity index (χ0v) is 18.8. The molecule has 1 aromatic heterocycles. The smallest absolute Gasteiger partial charge is 0.301 e. The number of nitrogens with one attached hydrogen (secondary N) is 2. The number of benzene rings is 3. The van der Waals surface area contributed by atoms with Crippen LogP contribution in [0.15, 0.2) is 78.9 Å². The number of carbonyl (C=O) groups excluding carboxylic acids is 1. The number of rotatable bonds is 4. The molecule has 0 saturated carbocycles. The third-order valence-electron chi connectivity index (χ3n) is 5.61. The minimum atomic E-state index is -3.71. The maximum Gasteiger partial charge on any atom is 0.301 e. The minimum Gasteiger partial charge on any atom is -0.322 e. The van der Waals surface area contributed by atoms with Crippen LogP contribution in [0, 0.1) is 5.82 Å². The van der Waals surface area contributed by atoms with Crippen molar-refractivity contribution in [3.05, 3.63) is 90.2 Å². The molecule has 1 saturated heterocycles. The number of halogens is 1. The number of pyridine rings is 1. The minimum absolute atomic E-state index is 0.172. The molecule has 1 fully saturated rings. The van der Waals surface area contributed by atoms with Gasteiger partial charge in [0.05, 0.1) is 22.5 Å². The summed E-state index contributed by atoms with van der Waals surface area (Å²) in [5, 5.41) is 3.74. The van der Waals surface area contributed by atoms with E-state index in [4.69, 9.17) is 0 Å². The van der Waals surface area contributed by atoms with Gasteiger partial charge in [-0.2, -0.15) is 13.1 Å². The quantitative estimate of drug-likeness (QED) is 0.459. The van der Waals surface area contributed by atoms with Gasteiger partial charge in [0.25, 0.3) is 5.91 Å². The van der Waals surface area contributed by atoms with Crippen LogP contribution in [0.2, 0.25) is 0 Å². The van der Waals surface area contributed by atoms with E-state index in [-0.39, 0.29) is 17.8 Å². The van der Waals surface area contributed by atoms with E-state index >= 15 is 0 Å². The van der Waals surface area contributed by atoms with Gasteiger partial charge in [-0.3, -0.25) is 9.10 Å². The SMILES string of the molecule is O=C(Nc1cccc(-c2ccc3ccccc3n2)c1)c1ccc(N2CCCNS2(=O)=O)cc1F. The number of aromatic nitrogens is 1. The number of amides is 1. The van der Waals surface area contributed by atoms with Crippen LogP contribution >= 0.6 is 0 Å². The fourth-order valence-electron chi connectivity index (χ4n) is 3.91. The van der Waals surface area contributed by atoms with Crippen LogP contribution in [-0.4, -0.2) is 32.4 Å². The molecule has 3 aromatic carbocycles. The van der Waals surface area contributed by atoms with Gasteiger partial charge >= 0.3 is 10.2 Å². The molecule has 0 spiro atoms. The Morgan fingerprint density at radius 1 is 1.00 bits per heavy atom. The molecule has 34 heavy (non-hydrogen) atoms. The molecule has 1 aliphatic heterocycles. The highest BCUT2D eigenvalue weighted by atomic mass is 32.2. The Hall–Kier alpha value is -3.82. The summed E-state index contributed by atoms with van der Waals surface area (Å²) in [5.74, 6) is -1.43. The topological polar surface area (TPSA) is 91.4 Å². The van der Waals surface area contributed by atoms with E-state index < -0.39 is 21.9 Å². The first-order valence-electron chi connectivity index (χ1n) is 10.8. The Labute approximate surface area is 196 Å². The van der Waals surface area contributed by atoms with E-state index in [0.717, 1.165) is 32.5 Å². The van der Waals surface area contributed by atoms with Crippen molar-refractivity contribution in [2.24, 2.45) is 0 Å². The van der Waals surface area contributed by atoms with Crippen LogP contribution < -0.4 is 14.3 Å². The van der Waals surface area contributed by atoms with Gasteiger partial charge in [0.1, 0.15) is 5.82 Å². The van der Waals surface area contributed by atoms with Gasteiger partial charge in [0.2, 0.25) is 0 Å². The van der Waals surface area contributed by atoms with Crippen molar-refractivity contribution in [2.75, 3.05) is 22.7 Å². The lowest BCUT2D eigenvalue weighted by Crippen LogP contribution is -2.47. The third kappa shape index (κ3) is 4.35. The van der Waals surface area contributed by atoms with Gasteiger partial charge in [0.15, 0.2) is 0 Å². The van der Waals surface area contributed by atoms with Gasteiger partial charge in [-0.1, -0.05) is 36.4 Å². The lowest BCUT2D eigenvalue weighted by Gasteiger charge is -2.28. The van der Waals surface area contributed by atoms with Gasteiger partial charge in [0, 0.05) is 29.7 Å². The Kier molecular flexibility index (Phi) is 5.72. The zero-order chi connectivity index (χ0) is 23.7. The Morgan fingerprint density at radius 2 is 1.85 bits per heavy atom. The first kappa shape index (κ1) is 22.0. The molecule has 7 nitrogen and oxygen atoms in total. The Balaban J connectivity index is 1.37. The van der Waals surface area contributed by atoms with Crippen LogP contribution in [-0.2, 0) is 10.2 Å². The van der Waals surface area contributed by atoms with Crippen molar-refractivity contribution in [2.45, 2.75) is 6.42 Å². The number of fused-ring (bicyclic) bond motifs is 1. The molecule has 0 aliphatic carbocycles. The summed E-state index contributed by atoms with van der Waals surface area (Å²) in [6.45, 7) is 0.589. The molecular formula is C25H21FN4O3S. The number of para-hydroxylation sites is 1. The largest absolute Gasteiger partial charge is 0.322 e. The highest BCUT2D eigenvalue weighted by Crippen LogP contribution is 2.26. The molecule has 0 atom stereocenters. The van der Waals surface area contributed by atoms with E-state index in [1.165, 1.54) is 12.1 Å². The van der Waals surface area contributed by atoms with Crippen LogP contribution in [0.25, 0.3) is 22.2 Å². The second kappa shape index (κ2) is 8.85. The predicted molar refractivity (Wildman–Crippen MR) is 130 cm³/mol. The number of nitrogens with zero attached hydrogens (tertiary/aromatic N) is 2. The van der Waals surface area contributed by atoms with Gasteiger partial charge in [-0.15, -0.1) is 0 Å². The summed E-state index contributed by atoms with van der Waals surface area (Å²) < 4.78 is 42.7. The van der Waals surface area contributed by atoms with Crippen molar-refractivity contribution in [1.29, 1.82) is 0 Å². The summed E-state index contributed by atoms with van der Waals surface area (Å²) in [5.41, 5.74) is 2.90. The molecule has 5 rings (SSSR count). The predicted octanol–water partition coefficient (Wildman–Crippen LogP) is 4.34. The number of anilines is 2. The van der Waals surface area contributed by atoms with E-state index in [1.807, 2.05) is 42.5 Å². The normalized spacial score (nSPS) is 15.3. The zero-order valence-electron chi connectivity index (χ0n) is 18.0. The average molecular weight is 477 g/mol. The number of carbonyl (C=O) groups is 1. The molecule has 0 radical (unpaired) electrons. The molecule has 172 valence electrons. The first-order valence-corrected chi connectivity index (χ1v) is 12.2. The van der Waals surface area contributed by atoms with Crippen molar-refractivity contribution in [1.82, 2.24) is 9.71 Å². The van der Waals surface area contributed by atoms with Crippen molar-refractivity contribution < 1.29 is 17.6 Å². The van der Waals surface area contributed by atoms with Crippen LogP contribution in [0.5, 0.6) is 0 Å². The fraction of sp³-hybridized carbons (Fsp3) is 0.120. The highest BCUT2D eigenvalue weighted by molar-refractivity contribution is 7.90. The van der Waals surface area contributed by atoms with E-state index in [2.05, 4.69) is 15.0 Å². The molecule has 2 N–H and O–H groups in total. The maximum atomic E-state index is 14.8. The monoisotopic (exact) mass is 476 g/mol. The first-order chi connectivity index (χ1) is 16.4. The lowest BCUT2D eigenvalue weighted by molar-refractivity contribution is 0.102. The van der Waals surface area contributed by atoms with Gasteiger partial charge in [-0.25, -0.2) is 9.37 Å². The van der Waals surface area contributed by atoms with Crippen molar-refractivity contribution in [3.63, 3.8) is 0 Å². The van der Waals surface area contributed by atoms with Crippen molar-refractivity contribution >= 4 is 38.4 Å². The summed E-state index contributed by atoms with van der Waals surface area (Å²) in [4.78, 5) is 17.4. The summed E-state index contributed by atoms with van der Waals surface area (Å²) >= 11 is 0. The van der Waals surface area contributed by atoms with Crippen LogP contribution in [0.1, 0.15) is 16.8 Å². The number of hydrogen-bond acceptors (Lipinski definition) is 4. The Bertz CT molecular complexity index is 1510. The number of hydrogen-bond donors (Lipinski definition) is 2. The summed E-state index contributed by atoms with van der Waals surface area (Å²) in [6, 6.07) is 22.6. The molecular weight excluding hydrogens is 455 g/mol. The standard InChI is InChI=1S/C25H21FN4O3S/c26-22-16-20(30-14-4-13-27-34(30,32)33)10-11-21(22)25(31)28-19-7-3-6-18(15-19)24-12-9-17-5-1-2-8-23(17)29-24/h1-3,5-12,15-16,27H,4,13-14H2,(H,28,31). The van der Waals surface area contributed by atoms with Gasteiger partial charge < -0.3 is 5.32 Å². The highest BCUT2D eigenvalue weighted by Gasteiger charge is 2.26. The van der Waals surface area contributed by atoms with Gasteiger partial charge in [-0.05, 0) is 48.9 Å². The fourth-order valence-corrected chi connectivity index (χ4v) is 5.23. The molecule has 1 amide bonds. The van der Waals surface area contributed by atoms with E-state index in [9.17, 15) is 17.6 Å². The van der Waals surface area contributed by atoms with Crippen LogP contribution in [0.4, 0.5) is 15.8 Å². The molecule has 4 aromatic rings. The van der Waals surface area contributed by atoms with E-state index in [1.54, 1.807) is 18.2 Å². The van der Waals surface area contributed by atoms with Crippen LogP contribution in [0.3, 0.4) is 0 Å². The molecule has 0 unspecified atom stereocenters. The third-order valence-corrected chi connectivity index (χ3v) is 7.16. The second-order valence-corrected chi connectivity index (χ2v) is 9.59. The average Bonchev–Trinajstić information content (AvgIpc) is 2.83. The second-order valence-electron chi connectivity index (χ2n) is 7.91. The maximum absolute atomic E-state index is 14.8. The summed E-state index contributed by atoms with van der Waals surface area (Å²) in [6.07, 6.45) is 0.603. The molecule has 0 bridgehead atoms. The van der Waals surface area contributed by atoms with E-state index in [0.29, 0.717) is 18.7 Å². The Morgan fingerprint density at radius 3 is 2.68 bits per heavy atom.